The molecule has 3 heteroatoms. The van der Waals surface area contributed by atoms with Crippen LogP contribution >= 0.6 is 0 Å². The standard InChI is InChI=1S/C11H13BN2/c1-8-5-9-10(14-4-3-13-9)7-11(2,12)6-8/h3-7H,12H2,1-2H3. The Morgan fingerprint density at radius 3 is 2.50 bits per heavy atom. The van der Waals surface area contributed by atoms with Crippen LogP contribution in [0.15, 0.2) is 24.0 Å². The average Bonchev–Trinajstić information content (AvgIpc) is 2.16. The molecule has 0 saturated heterocycles. The van der Waals surface area contributed by atoms with Gasteiger partial charge in [-0.05, 0) is 18.3 Å². The summed E-state index contributed by atoms with van der Waals surface area (Å²) in [5, 5.41) is 2.00. The predicted molar refractivity (Wildman–Crippen MR) is 60.9 cm³/mol. The largest absolute Gasteiger partial charge is 0.253 e. The van der Waals surface area contributed by atoms with Gasteiger partial charge in [-0.15, -0.1) is 0 Å². The maximum atomic E-state index is 4.33. The molecule has 0 spiro atoms. The van der Waals surface area contributed by atoms with Gasteiger partial charge in [0.25, 0.3) is 0 Å². The molecule has 1 heterocycles. The zero-order valence-electron chi connectivity index (χ0n) is 8.78. The zero-order chi connectivity index (χ0) is 10.2. The van der Waals surface area contributed by atoms with Crippen molar-refractivity contribution >= 4 is 20.0 Å². The minimum atomic E-state index is 0.0574. The Labute approximate surface area is 84.5 Å². The maximum absolute atomic E-state index is 4.33. The first-order valence-electron chi connectivity index (χ1n) is 4.78. The van der Waals surface area contributed by atoms with Crippen LogP contribution in [-0.2, 0) is 0 Å². The van der Waals surface area contributed by atoms with Crippen molar-refractivity contribution in [3.05, 3.63) is 34.7 Å². The predicted octanol–water partition coefficient (Wildman–Crippen LogP) is -0.191. The van der Waals surface area contributed by atoms with Gasteiger partial charge < -0.3 is 0 Å². The summed E-state index contributed by atoms with van der Waals surface area (Å²) in [7, 11) is 2.17. The average molecular weight is 184 g/mol. The summed E-state index contributed by atoms with van der Waals surface area (Å²) in [6.07, 6.45) is 9.93. The van der Waals surface area contributed by atoms with E-state index in [1.54, 1.807) is 12.4 Å². The second-order valence-corrected chi connectivity index (χ2v) is 4.33. The Hall–Kier alpha value is -1.38. The van der Waals surface area contributed by atoms with Crippen LogP contribution in [0.25, 0.3) is 12.2 Å². The summed E-state index contributed by atoms with van der Waals surface area (Å²) >= 11 is 0. The van der Waals surface area contributed by atoms with Crippen LogP contribution in [0, 0.1) is 0 Å². The van der Waals surface area contributed by atoms with E-state index >= 15 is 0 Å². The molecule has 2 rings (SSSR count). The van der Waals surface area contributed by atoms with Crippen molar-refractivity contribution in [2.24, 2.45) is 0 Å². The fourth-order valence-electron chi connectivity index (χ4n) is 1.82. The van der Waals surface area contributed by atoms with E-state index in [1.165, 1.54) is 5.57 Å². The topological polar surface area (TPSA) is 25.8 Å². The minimum Gasteiger partial charge on any atom is -0.253 e. The molecule has 2 nitrogen and oxygen atoms in total. The Balaban J connectivity index is 2.80. The summed E-state index contributed by atoms with van der Waals surface area (Å²) < 4.78 is 0. The van der Waals surface area contributed by atoms with Crippen LogP contribution in [0.5, 0.6) is 0 Å². The van der Waals surface area contributed by atoms with E-state index < -0.39 is 0 Å². The molecular weight excluding hydrogens is 171 g/mol. The Morgan fingerprint density at radius 1 is 1.14 bits per heavy atom. The van der Waals surface area contributed by atoms with Gasteiger partial charge in [0.1, 0.15) is 7.85 Å². The molecule has 0 saturated carbocycles. The van der Waals surface area contributed by atoms with Crippen LogP contribution in [0.2, 0.25) is 5.31 Å². The number of hydrogen-bond donors (Lipinski definition) is 0. The molecule has 1 aromatic heterocycles. The lowest BCUT2D eigenvalue weighted by Gasteiger charge is -2.13. The molecule has 1 aliphatic rings. The van der Waals surface area contributed by atoms with Gasteiger partial charge in [-0.3, -0.25) is 9.97 Å². The fourth-order valence-corrected chi connectivity index (χ4v) is 1.82. The van der Waals surface area contributed by atoms with Crippen molar-refractivity contribution in [3.63, 3.8) is 0 Å². The van der Waals surface area contributed by atoms with Crippen molar-refractivity contribution in [1.29, 1.82) is 0 Å². The second-order valence-electron chi connectivity index (χ2n) is 4.33. The van der Waals surface area contributed by atoms with Gasteiger partial charge in [0, 0.05) is 12.4 Å². The fraction of sp³-hybridized carbons (Fsp3) is 0.273. The van der Waals surface area contributed by atoms with E-state index in [2.05, 4.69) is 49.9 Å². The molecule has 0 amide bonds. The zero-order valence-corrected chi connectivity index (χ0v) is 8.78. The Morgan fingerprint density at radius 2 is 1.79 bits per heavy atom. The lowest BCUT2D eigenvalue weighted by atomic mass is 9.70. The van der Waals surface area contributed by atoms with Crippen molar-refractivity contribution in [2.75, 3.05) is 0 Å². The van der Waals surface area contributed by atoms with E-state index in [0.29, 0.717) is 0 Å². The molecule has 14 heavy (non-hydrogen) atoms. The first kappa shape index (κ1) is 9.19. The molecule has 1 atom stereocenters. The summed E-state index contributed by atoms with van der Waals surface area (Å²) in [5.41, 5.74) is 1.24. The van der Waals surface area contributed by atoms with Crippen LogP contribution in [0.3, 0.4) is 0 Å². The molecule has 0 bridgehead atoms. The number of allylic oxidation sites excluding steroid dienone is 2. The molecule has 0 radical (unpaired) electrons. The highest BCUT2D eigenvalue weighted by Crippen LogP contribution is 2.26. The van der Waals surface area contributed by atoms with E-state index in [1.807, 2.05) is 0 Å². The first-order chi connectivity index (χ1) is 6.57. The molecule has 70 valence electrons. The third-order valence-corrected chi connectivity index (χ3v) is 2.23. The molecule has 1 aromatic rings. The number of fused-ring (bicyclic) bond motifs is 1. The van der Waals surface area contributed by atoms with Gasteiger partial charge in [-0.25, -0.2) is 0 Å². The van der Waals surface area contributed by atoms with Crippen molar-refractivity contribution in [3.8, 4) is 0 Å². The van der Waals surface area contributed by atoms with Gasteiger partial charge in [0.2, 0.25) is 0 Å². The van der Waals surface area contributed by atoms with Crippen LogP contribution < -0.4 is 10.7 Å². The van der Waals surface area contributed by atoms with E-state index in [-0.39, 0.29) is 5.31 Å². The molecule has 0 aliphatic heterocycles. The van der Waals surface area contributed by atoms with Gasteiger partial charge in [0.15, 0.2) is 0 Å². The van der Waals surface area contributed by atoms with Crippen molar-refractivity contribution in [1.82, 2.24) is 9.97 Å². The molecule has 0 aromatic carbocycles. The van der Waals surface area contributed by atoms with Crippen molar-refractivity contribution in [2.45, 2.75) is 19.2 Å². The summed E-state index contributed by atoms with van der Waals surface area (Å²) in [6.45, 7) is 4.27. The highest BCUT2D eigenvalue weighted by molar-refractivity contribution is 6.20. The lowest BCUT2D eigenvalue weighted by Crippen LogP contribution is -2.31. The lowest BCUT2D eigenvalue weighted by molar-refractivity contribution is 0.998. The highest BCUT2D eigenvalue weighted by Gasteiger charge is 2.13. The van der Waals surface area contributed by atoms with Crippen LogP contribution in [0.4, 0.5) is 0 Å². The smallest absolute Gasteiger partial charge is 0.119 e. The summed E-state index contributed by atoms with van der Waals surface area (Å²) in [6, 6.07) is 0. The summed E-state index contributed by atoms with van der Waals surface area (Å²) in [5.74, 6) is 0. The number of rotatable bonds is 0. The summed E-state index contributed by atoms with van der Waals surface area (Å²) in [4.78, 5) is 8.63. The maximum Gasteiger partial charge on any atom is 0.119 e. The number of aromatic nitrogens is 2. The van der Waals surface area contributed by atoms with Gasteiger partial charge in [-0.1, -0.05) is 24.6 Å². The van der Waals surface area contributed by atoms with Crippen molar-refractivity contribution < 1.29 is 0 Å². The quantitative estimate of drug-likeness (QED) is 0.522. The van der Waals surface area contributed by atoms with Crippen LogP contribution in [0.1, 0.15) is 13.8 Å². The third-order valence-electron chi connectivity index (χ3n) is 2.23. The van der Waals surface area contributed by atoms with E-state index in [9.17, 15) is 0 Å². The molecule has 0 N–H and O–H groups in total. The van der Waals surface area contributed by atoms with Gasteiger partial charge in [-0.2, -0.15) is 0 Å². The Bertz CT molecular complexity index is 500. The van der Waals surface area contributed by atoms with Gasteiger partial charge in [0.05, 0.1) is 10.7 Å². The Kier molecular flexibility index (Phi) is 2.03. The normalized spacial score (nSPS) is 25.1. The number of hydrogen-bond acceptors (Lipinski definition) is 2. The molecule has 0 fully saturated rings. The second kappa shape index (κ2) is 3.09. The first-order valence-corrected chi connectivity index (χ1v) is 4.78. The molecular formula is C11H13BN2. The molecule has 1 aliphatic carbocycles. The molecule has 1 unspecified atom stereocenters. The minimum absolute atomic E-state index is 0.0574. The third kappa shape index (κ3) is 1.76. The van der Waals surface area contributed by atoms with Gasteiger partial charge >= 0.3 is 0 Å². The SMILES string of the molecule is BC1(C)C=C(C)C=c2nccnc2=C1. The van der Waals surface area contributed by atoms with E-state index in [4.69, 9.17) is 0 Å². The van der Waals surface area contributed by atoms with Crippen LogP contribution in [-0.4, -0.2) is 17.8 Å². The van der Waals surface area contributed by atoms with E-state index in [0.717, 1.165) is 10.7 Å². The number of nitrogens with zero attached hydrogens (tertiary/aromatic N) is 2. The highest BCUT2D eigenvalue weighted by atomic mass is 14.8. The monoisotopic (exact) mass is 184 g/mol.